The molecule has 0 fully saturated rings. The summed E-state index contributed by atoms with van der Waals surface area (Å²) in [5.41, 5.74) is 2.21. The van der Waals surface area contributed by atoms with Gasteiger partial charge in [0.1, 0.15) is 11.6 Å². The Morgan fingerprint density at radius 2 is 1.29 bits per heavy atom. The summed E-state index contributed by atoms with van der Waals surface area (Å²) in [6.45, 7) is 0. The predicted octanol–water partition coefficient (Wildman–Crippen LogP) is 3.33. The molecule has 1 radical (unpaired) electrons. The van der Waals surface area contributed by atoms with Crippen LogP contribution in [0.15, 0.2) is 23.3 Å². The number of hydrogen-bond donors (Lipinski definition) is 0. The number of carbonyl (C=O) groups excluding carboxylic acids is 2. The van der Waals surface area contributed by atoms with Gasteiger partial charge in [-0.05, 0) is 25.7 Å². The Bertz CT molecular complexity index is 338. The first-order chi connectivity index (χ1) is 8.24. The molecule has 0 aromatic rings. The summed E-state index contributed by atoms with van der Waals surface area (Å²) in [4.78, 5) is 23.0. The van der Waals surface area contributed by atoms with E-state index in [0.29, 0.717) is 37.2 Å². The van der Waals surface area contributed by atoms with Crippen molar-refractivity contribution in [2.24, 2.45) is 0 Å². The molecule has 2 aliphatic rings. The third-order valence-electron chi connectivity index (χ3n) is 3.31. The maximum atomic E-state index is 11.5. The van der Waals surface area contributed by atoms with Crippen molar-refractivity contribution in [1.82, 2.24) is 0 Å². The van der Waals surface area contributed by atoms with Crippen LogP contribution in [0.2, 0.25) is 0 Å². The number of hydrogen-bond acceptors (Lipinski definition) is 2. The Morgan fingerprint density at radius 1 is 0.824 bits per heavy atom. The summed E-state index contributed by atoms with van der Waals surface area (Å²) in [7, 11) is 0. The Hall–Kier alpha value is -1.18. The Morgan fingerprint density at radius 3 is 1.76 bits per heavy atom. The van der Waals surface area contributed by atoms with E-state index in [1.807, 2.05) is 0 Å². The molecule has 0 bridgehead atoms. The molecule has 0 saturated carbocycles. The lowest BCUT2D eigenvalue weighted by atomic mass is 9.97. The standard InChI is InChI=1S/C15H19O2/c16-14-7-3-1-5-12(10-14)9-13-6-2-4-8-15(17)11-13/h5-6,9H,1-4,7-8,10-11H2. The first-order valence-electron chi connectivity index (χ1n) is 6.50. The van der Waals surface area contributed by atoms with Gasteiger partial charge in [-0.1, -0.05) is 23.3 Å². The van der Waals surface area contributed by atoms with E-state index in [1.165, 1.54) is 0 Å². The lowest BCUT2D eigenvalue weighted by molar-refractivity contribution is -0.119. The van der Waals surface area contributed by atoms with Crippen molar-refractivity contribution < 1.29 is 9.59 Å². The Labute approximate surface area is 103 Å². The maximum absolute atomic E-state index is 11.5. The van der Waals surface area contributed by atoms with E-state index in [1.54, 1.807) is 0 Å². The van der Waals surface area contributed by atoms with Crippen LogP contribution < -0.4 is 0 Å². The van der Waals surface area contributed by atoms with E-state index in [9.17, 15) is 9.59 Å². The SMILES string of the molecule is O=C1CCCC=C([CH]C2=CCCCC(=O)C2)C1. The molecule has 2 heteroatoms. The topological polar surface area (TPSA) is 34.1 Å². The summed E-state index contributed by atoms with van der Waals surface area (Å²) >= 11 is 0. The summed E-state index contributed by atoms with van der Waals surface area (Å²) in [6.07, 6.45) is 12.8. The van der Waals surface area contributed by atoms with Crippen LogP contribution in [0.3, 0.4) is 0 Å². The molecule has 0 spiro atoms. The molecule has 0 unspecified atom stereocenters. The number of carbonyl (C=O) groups is 2. The third kappa shape index (κ3) is 3.95. The normalized spacial score (nSPS) is 22.6. The molecule has 2 aliphatic carbocycles. The second kappa shape index (κ2) is 5.95. The zero-order valence-electron chi connectivity index (χ0n) is 10.2. The molecule has 0 amide bonds. The molecule has 0 saturated heterocycles. The minimum atomic E-state index is 0.325. The lowest BCUT2D eigenvalue weighted by Gasteiger charge is -2.07. The van der Waals surface area contributed by atoms with Crippen LogP contribution in [-0.2, 0) is 9.59 Å². The van der Waals surface area contributed by atoms with E-state index in [0.717, 1.165) is 36.8 Å². The predicted molar refractivity (Wildman–Crippen MR) is 67.4 cm³/mol. The number of ketones is 2. The average Bonchev–Trinajstić information content (AvgIpc) is 2.59. The third-order valence-corrected chi connectivity index (χ3v) is 3.31. The zero-order chi connectivity index (χ0) is 12.1. The molecule has 17 heavy (non-hydrogen) atoms. The van der Waals surface area contributed by atoms with Crippen LogP contribution in [0, 0.1) is 6.42 Å². The largest absolute Gasteiger partial charge is 0.299 e. The molecule has 2 nitrogen and oxygen atoms in total. The van der Waals surface area contributed by atoms with Crippen molar-refractivity contribution in [2.45, 2.75) is 51.4 Å². The molecule has 0 aliphatic heterocycles. The molecule has 2 rings (SSSR count). The van der Waals surface area contributed by atoms with Gasteiger partial charge in [-0.15, -0.1) is 0 Å². The van der Waals surface area contributed by atoms with Crippen molar-refractivity contribution in [3.8, 4) is 0 Å². The van der Waals surface area contributed by atoms with Crippen molar-refractivity contribution in [3.63, 3.8) is 0 Å². The minimum absolute atomic E-state index is 0.325. The van der Waals surface area contributed by atoms with Gasteiger partial charge in [-0.3, -0.25) is 9.59 Å². The summed E-state index contributed by atoms with van der Waals surface area (Å²) in [5.74, 6) is 0.649. The highest BCUT2D eigenvalue weighted by Gasteiger charge is 2.15. The number of allylic oxidation sites excluding steroid dienone is 4. The van der Waals surface area contributed by atoms with E-state index in [4.69, 9.17) is 0 Å². The fourth-order valence-electron chi connectivity index (χ4n) is 2.41. The fourth-order valence-corrected chi connectivity index (χ4v) is 2.41. The molecule has 0 N–H and O–H groups in total. The lowest BCUT2D eigenvalue weighted by Crippen LogP contribution is -2.01. The van der Waals surface area contributed by atoms with E-state index in [2.05, 4.69) is 18.6 Å². The molecule has 0 aromatic heterocycles. The summed E-state index contributed by atoms with van der Waals surface area (Å²) < 4.78 is 0. The average molecular weight is 231 g/mol. The molecular weight excluding hydrogens is 212 g/mol. The maximum Gasteiger partial charge on any atom is 0.136 e. The molecular formula is C15H19O2. The van der Waals surface area contributed by atoms with E-state index < -0.39 is 0 Å². The smallest absolute Gasteiger partial charge is 0.136 e. The van der Waals surface area contributed by atoms with Crippen LogP contribution in [0.25, 0.3) is 0 Å². The second-order valence-corrected chi connectivity index (χ2v) is 4.92. The quantitative estimate of drug-likeness (QED) is 0.730. The van der Waals surface area contributed by atoms with Crippen molar-refractivity contribution >= 4 is 11.6 Å². The highest BCUT2D eigenvalue weighted by molar-refractivity contribution is 5.83. The van der Waals surface area contributed by atoms with Gasteiger partial charge in [0, 0.05) is 32.1 Å². The van der Waals surface area contributed by atoms with Crippen molar-refractivity contribution in [1.29, 1.82) is 0 Å². The van der Waals surface area contributed by atoms with Gasteiger partial charge >= 0.3 is 0 Å². The summed E-state index contributed by atoms with van der Waals surface area (Å²) in [5, 5.41) is 0. The van der Waals surface area contributed by atoms with E-state index >= 15 is 0 Å². The monoisotopic (exact) mass is 231 g/mol. The van der Waals surface area contributed by atoms with Gasteiger partial charge < -0.3 is 0 Å². The first-order valence-corrected chi connectivity index (χ1v) is 6.50. The second-order valence-electron chi connectivity index (χ2n) is 4.92. The molecule has 91 valence electrons. The minimum Gasteiger partial charge on any atom is -0.299 e. The van der Waals surface area contributed by atoms with Gasteiger partial charge in [-0.2, -0.15) is 0 Å². The van der Waals surface area contributed by atoms with Gasteiger partial charge in [-0.25, -0.2) is 0 Å². The van der Waals surface area contributed by atoms with Crippen LogP contribution >= 0.6 is 0 Å². The van der Waals surface area contributed by atoms with Crippen molar-refractivity contribution in [2.75, 3.05) is 0 Å². The Balaban J connectivity index is 1.99. The highest BCUT2D eigenvalue weighted by atomic mass is 16.1. The van der Waals surface area contributed by atoms with Gasteiger partial charge in [0.15, 0.2) is 0 Å². The van der Waals surface area contributed by atoms with Crippen LogP contribution in [-0.4, -0.2) is 11.6 Å². The van der Waals surface area contributed by atoms with E-state index in [-0.39, 0.29) is 0 Å². The fraction of sp³-hybridized carbons (Fsp3) is 0.533. The van der Waals surface area contributed by atoms with Crippen LogP contribution in [0.1, 0.15) is 51.4 Å². The van der Waals surface area contributed by atoms with Crippen LogP contribution in [0.5, 0.6) is 0 Å². The highest BCUT2D eigenvalue weighted by Crippen LogP contribution is 2.24. The first kappa shape index (κ1) is 12.3. The van der Waals surface area contributed by atoms with Gasteiger partial charge in [0.25, 0.3) is 0 Å². The van der Waals surface area contributed by atoms with Gasteiger partial charge in [0.05, 0.1) is 0 Å². The number of rotatable bonds is 2. The number of Topliss-reactive ketones (excluding diaryl/α,β-unsaturated/α-hetero) is 2. The van der Waals surface area contributed by atoms with Gasteiger partial charge in [0.2, 0.25) is 0 Å². The molecule has 0 aromatic carbocycles. The summed E-state index contributed by atoms with van der Waals surface area (Å²) in [6, 6.07) is 0. The zero-order valence-corrected chi connectivity index (χ0v) is 10.2. The Kier molecular flexibility index (Phi) is 4.29. The molecule has 0 heterocycles. The van der Waals surface area contributed by atoms with Crippen LogP contribution in [0.4, 0.5) is 0 Å². The molecule has 0 atom stereocenters. The van der Waals surface area contributed by atoms with Crippen molar-refractivity contribution in [3.05, 3.63) is 29.7 Å².